The minimum Gasteiger partial charge on any atom is -0.469 e. The molecule has 2 rings (SSSR count). The number of nitrogens with one attached hydrogen (secondary N) is 1. The standard InChI is InChI=1S/C13H14ClNO4/c1-18-12(16)6-11-13(17)15-10(7-19-11)8-2-4-9(14)5-3-8/h2-5,10-11H,6-7H2,1H3,(H,15,17). The number of hydrogen-bond acceptors (Lipinski definition) is 4. The van der Waals surface area contributed by atoms with Gasteiger partial charge < -0.3 is 14.8 Å². The number of amides is 1. The van der Waals surface area contributed by atoms with Crippen LogP contribution in [0.5, 0.6) is 0 Å². The van der Waals surface area contributed by atoms with Crippen molar-refractivity contribution in [2.75, 3.05) is 13.7 Å². The quantitative estimate of drug-likeness (QED) is 0.853. The molecule has 0 aromatic heterocycles. The molecule has 1 saturated heterocycles. The Balaban J connectivity index is 1.98. The lowest BCUT2D eigenvalue weighted by Crippen LogP contribution is -2.47. The van der Waals surface area contributed by atoms with Gasteiger partial charge in [-0.15, -0.1) is 0 Å². The minimum absolute atomic E-state index is 0.0737. The first-order valence-corrected chi connectivity index (χ1v) is 6.22. The van der Waals surface area contributed by atoms with E-state index >= 15 is 0 Å². The SMILES string of the molecule is COC(=O)CC1OCC(c2ccc(Cl)cc2)NC1=O. The lowest BCUT2D eigenvalue weighted by Gasteiger charge is -2.29. The van der Waals surface area contributed by atoms with Crippen LogP contribution in [0, 0.1) is 0 Å². The average molecular weight is 284 g/mol. The van der Waals surface area contributed by atoms with E-state index in [1.807, 2.05) is 12.1 Å². The zero-order valence-electron chi connectivity index (χ0n) is 10.4. The van der Waals surface area contributed by atoms with Crippen molar-refractivity contribution in [3.8, 4) is 0 Å². The maximum absolute atomic E-state index is 11.8. The molecule has 0 aliphatic carbocycles. The topological polar surface area (TPSA) is 64.6 Å². The molecule has 1 aromatic rings. The van der Waals surface area contributed by atoms with Gasteiger partial charge in [0.25, 0.3) is 0 Å². The summed E-state index contributed by atoms with van der Waals surface area (Å²) in [5, 5.41) is 3.45. The molecule has 1 aliphatic rings. The molecule has 5 nitrogen and oxygen atoms in total. The normalized spacial score (nSPS) is 22.7. The average Bonchev–Trinajstić information content (AvgIpc) is 2.41. The number of carbonyl (C=O) groups is 2. The molecular formula is C13H14ClNO4. The Morgan fingerprint density at radius 1 is 1.47 bits per heavy atom. The van der Waals surface area contributed by atoms with Crippen LogP contribution in [0.15, 0.2) is 24.3 Å². The third-order valence-corrected chi connectivity index (χ3v) is 3.18. The fraction of sp³-hybridized carbons (Fsp3) is 0.385. The van der Waals surface area contributed by atoms with E-state index in [0.29, 0.717) is 11.6 Å². The maximum Gasteiger partial charge on any atom is 0.308 e. The number of morpholine rings is 1. The number of halogens is 1. The zero-order chi connectivity index (χ0) is 13.8. The van der Waals surface area contributed by atoms with Crippen molar-refractivity contribution in [1.82, 2.24) is 5.32 Å². The monoisotopic (exact) mass is 283 g/mol. The van der Waals surface area contributed by atoms with Crippen LogP contribution in [-0.4, -0.2) is 31.7 Å². The van der Waals surface area contributed by atoms with E-state index in [9.17, 15) is 9.59 Å². The second-order valence-corrected chi connectivity index (χ2v) is 4.65. The molecule has 102 valence electrons. The molecule has 1 N–H and O–H groups in total. The Kier molecular flexibility index (Phi) is 4.39. The van der Waals surface area contributed by atoms with Crippen LogP contribution in [0.25, 0.3) is 0 Å². The minimum atomic E-state index is -0.781. The fourth-order valence-corrected chi connectivity index (χ4v) is 1.98. The first-order chi connectivity index (χ1) is 9.10. The second-order valence-electron chi connectivity index (χ2n) is 4.21. The predicted octanol–water partition coefficient (Wildman–Crippen LogP) is 1.46. The summed E-state index contributed by atoms with van der Waals surface area (Å²) in [4.78, 5) is 22.9. The summed E-state index contributed by atoms with van der Waals surface area (Å²) in [5.74, 6) is -0.776. The molecule has 0 spiro atoms. The van der Waals surface area contributed by atoms with Gasteiger partial charge in [0.1, 0.15) is 6.10 Å². The van der Waals surface area contributed by atoms with E-state index in [0.717, 1.165) is 5.56 Å². The lowest BCUT2D eigenvalue weighted by atomic mass is 10.1. The molecule has 1 heterocycles. The number of benzene rings is 1. The van der Waals surface area contributed by atoms with Crippen molar-refractivity contribution in [2.45, 2.75) is 18.6 Å². The Morgan fingerprint density at radius 3 is 2.74 bits per heavy atom. The van der Waals surface area contributed by atoms with Crippen molar-refractivity contribution < 1.29 is 19.1 Å². The molecule has 1 aliphatic heterocycles. The van der Waals surface area contributed by atoms with Gasteiger partial charge in [-0.05, 0) is 17.7 Å². The molecule has 2 unspecified atom stereocenters. The Labute approximate surface area is 115 Å². The summed E-state index contributed by atoms with van der Waals surface area (Å²) in [7, 11) is 1.28. The lowest BCUT2D eigenvalue weighted by molar-refractivity contribution is -0.153. The molecular weight excluding hydrogens is 270 g/mol. The first-order valence-electron chi connectivity index (χ1n) is 5.84. The fourth-order valence-electron chi connectivity index (χ4n) is 1.86. The summed E-state index contributed by atoms with van der Waals surface area (Å²) in [5.41, 5.74) is 0.911. The summed E-state index contributed by atoms with van der Waals surface area (Å²) < 4.78 is 9.93. The molecule has 0 bridgehead atoms. The highest BCUT2D eigenvalue weighted by Gasteiger charge is 2.31. The number of esters is 1. The van der Waals surface area contributed by atoms with Gasteiger partial charge in [0.05, 0.1) is 26.2 Å². The highest BCUT2D eigenvalue weighted by atomic mass is 35.5. The van der Waals surface area contributed by atoms with Crippen LogP contribution in [0.1, 0.15) is 18.0 Å². The number of carbonyl (C=O) groups excluding carboxylic acids is 2. The molecule has 19 heavy (non-hydrogen) atoms. The summed E-state index contributed by atoms with van der Waals surface area (Å²) in [6.45, 7) is 0.315. The van der Waals surface area contributed by atoms with Gasteiger partial charge in [0, 0.05) is 5.02 Å². The molecule has 6 heteroatoms. The van der Waals surface area contributed by atoms with Gasteiger partial charge in [0.15, 0.2) is 0 Å². The van der Waals surface area contributed by atoms with Crippen molar-refractivity contribution in [1.29, 1.82) is 0 Å². The van der Waals surface area contributed by atoms with Crippen LogP contribution in [0.3, 0.4) is 0 Å². The number of ether oxygens (including phenoxy) is 2. The zero-order valence-corrected chi connectivity index (χ0v) is 11.1. The molecule has 1 amide bonds. The number of rotatable bonds is 3. The molecule has 2 atom stereocenters. The van der Waals surface area contributed by atoms with E-state index in [-0.39, 0.29) is 18.4 Å². The van der Waals surface area contributed by atoms with Crippen molar-refractivity contribution >= 4 is 23.5 Å². The van der Waals surface area contributed by atoms with Gasteiger partial charge in [-0.25, -0.2) is 0 Å². The highest BCUT2D eigenvalue weighted by Crippen LogP contribution is 2.21. The predicted molar refractivity (Wildman–Crippen MR) is 68.7 cm³/mol. The maximum atomic E-state index is 11.8. The van der Waals surface area contributed by atoms with E-state index in [4.69, 9.17) is 16.3 Å². The first kappa shape index (κ1) is 13.8. The van der Waals surface area contributed by atoms with Crippen LogP contribution >= 0.6 is 11.6 Å². The van der Waals surface area contributed by atoms with Gasteiger partial charge in [-0.3, -0.25) is 9.59 Å². The van der Waals surface area contributed by atoms with Crippen LogP contribution < -0.4 is 5.32 Å². The Bertz CT molecular complexity index is 474. The van der Waals surface area contributed by atoms with Crippen LogP contribution in [0.2, 0.25) is 5.02 Å². The van der Waals surface area contributed by atoms with Crippen molar-refractivity contribution in [2.24, 2.45) is 0 Å². The van der Waals surface area contributed by atoms with E-state index < -0.39 is 12.1 Å². The smallest absolute Gasteiger partial charge is 0.308 e. The second kappa shape index (κ2) is 6.04. The molecule has 0 radical (unpaired) electrons. The molecule has 0 saturated carbocycles. The van der Waals surface area contributed by atoms with Gasteiger partial charge in [-0.1, -0.05) is 23.7 Å². The third-order valence-electron chi connectivity index (χ3n) is 2.93. The Morgan fingerprint density at radius 2 is 2.16 bits per heavy atom. The van der Waals surface area contributed by atoms with Crippen molar-refractivity contribution in [3.63, 3.8) is 0 Å². The van der Waals surface area contributed by atoms with Gasteiger partial charge >= 0.3 is 5.97 Å². The third kappa shape index (κ3) is 3.45. The molecule has 1 fully saturated rings. The number of hydrogen-bond donors (Lipinski definition) is 1. The Hall–Kier alpha value is -1.59. The van der Waals surface area contributed by atoms with Gasteiger partial charge in [0.2, 0.25) is 5.91 Å². The van der Waals surface area contributed by atoms with Gasteiger partial charge in [-0.2, -0.15) is 0 Å². The van der Waals surface area contributed by atoms with Crippen molar-refractivity contribution in [3.05, 3.63) is 34.9 Å². The van der Waals surface area contributed by atoms with E-state index in [2.05, 4.69) is 10.1 Å². The van der Waals surface area contributed by atoms with E-state index in [1.165, 1.54) is 7.11 Å². The highest BCUT2D eigenvalue weighted by molar-refractivity contribution is 6.30. The molecule has 1 aromatic carbocycles. The van der Waals surface area contributed by atoms with Crippen LogP contribution in [0.4, 0.5) is 0 Å². The summed E-state index contributed by atoms with van der Waals surface area (Å²) >= 11 is 5.81. The van der Waals surface area contributed by atoms with Crippen LogP contribution in [-0.2, 0) is 19.1 Å². The summed E-state index contributed by atoms with van der Waals surface area (Å²) in [6, 6.07) is 6.94. The number of methoxy groups -OCH3 is 1. The largest absolute Gasteiger partial charge is 0.469 e. The summed E-state index contributed by atoms with van der Waals surface area (Å²) in [6.07, 6.45) is -0.855. The van der Waals surface area contributed by atoms with E-state index in [1.54, 1.807) is 12.1 Å².